The molecule has 3 aromatic rings. The summed E-state index contributed by atoms with van der Waals surface area (Å²) < 4.78 is 64.2. The summed E-state index contributed by atoms with van der Waals surface area (Å²) in [6, 6.07) is 7.25. The van der Waals surface area contributed by atoms with E-state index in [9.17, 15) is 32.7 Å². The van der Waals surface area contributed by atoms with Crippen LogP contribution in [0.3, 0.4) is 0 Å². The van der Waals surface area contributed by atoms with Crippen molar-refractivity contribution in [2.75, 3.05) is 26.3 Å². The van der Waals surface area contributed by atoms with Gasteiger partial charge < -0.3 is 14.7 Å². The Labute approximate surface area is 253 Å². The lowest BCUT2D eigenvalue weighted by atomic mass is 9.76. The topological polar surface area (TPSA) is 102 Å². The summed E-state index contributed by atoms with van der Waals surface area (Å²) in [5, 5.41) is 13.5. The minimum Gasteiger partial charge on any atom is -0.478 e. The maximum absolute atomic E-state index is 15.3. The fourth-order valence-corrected chi connectivity index (χ4v) is 7.13. The molecule has 0 unspecified atom stereocenters. The number of carbonyl (C=O) groups is 3. The fourth-order valence-electron chi connectivity index (χ4n) is 6.87. The highest BCUT2D eigenvalue weighted by Crippen LogP contribution is 2.60. The molecule has 3 fully saturated rings. The number of fused-ring (bicyclic) bond motifs is 1. The van der Waals surface area contributed by atoms with Crippen LogP contribution in [0.2, 0.25) is 5.02 Å². The number of ether oxygens (including phenoxy) is 1. The number of benzene rings is 2. The fraction of sp³-hybridized carbons (Fsp3) is 0.419. The van der Waals surface area contributed by atoms with E-state index in [2.05, 4.69) is 5.10 Å². The van der Waals surface area contributed by atoms with Crippen LogP contribution in [0.1, 0.15) is 56.8 Å². The average Bonchev–Trinajstić information content (AvgIpc) is 3.67. The maximum Gasteiger partial charge on any atom is 0.398 e. The second-order valence-corrected chi connectivity index (χ2v) is 12.8. The van der Waals surface area contributed by atoms with E-state index in [0.717, 1.165) is 10.7 Å². The molecule has 1 aromatic heterocycles. The quantitative estimate of drug-likeness (QED) is 0.384. The Morgan fingerprint density at radius 3 is 2.41 bits per heavy atom. The SMILES string of the molecule is O=C(O)c1ccc(-c2nn(C(=O)c3c(Cl)cccc3C3(C(F)(F)F)CC3)c3c2CC[C@H](C(=O)N2CC4(COC4)C2)C3)c(F)c1. The zero-order valence-electron chi connectivity index (χ0n) is 23.2. The van der Waals surface area contributed by atoms with Gasteiger partial charge in [0.2, 0.25) is 5.91 Å². The standard InChI is InChI=1S/C31H26ClF4N3O5/c32-21-3-1-2-20(30(8-9-30)31(34,35)36)24(21)27(41)39-23-11-16(26(40)38-12-29(13-38)14-44-15-29)4-7-19(23)25(37-39)18-6-5-17(28(42)43)10-22(18)33/h1-3,5-6,10,16H,4,7-9,11-15H2,(H,42,43)/t16-/m0/s1. The van der Waals surface area contributed by atoms with E-state index in [0.29, 0.717) is 44.0 Å². The second kappa shape index (κ2) is 9.87. The molecule has 3 heterocycles. The number of nitrogens with zero attached hydrogens (tertiary/aromatic N) is 3. The summed E-state index contributed by atoms with van der Waals surface area (Å²) >= 11 is 6.41. The predicted octanol–water partition coefficient (Wildman–Crippen LogP) is 5.29. The van der Waals surface area contributed by atoms with Crippen LogP contribution in [-0.4, -0.2) is 70.1 Å². The van der Waals surface area contributed by atoms with Crippen molar-refractivity contribution in [2.45, 2.75) is 43.7 Å². The third-order valence-corrected chi connectivity index (χ3v) is 9.82. The molecule has 2 saturated heterocycles. The molecule has 1 atom stereocenters. The largest absolute Gasteiger partial charge is 0.478 e. The highest BCUT2D eigenvalue weighted by Gasteiger charge is 2.65. The molecule has 1 saturated carbocycles. The first-order valence-corrected chi connectivity index (χ1v) is 14.6. The normalized spacial score (nSPS) is 21.3. The van der Waals surface area contributed by atoms with Gasteiger partial charge in [0, 0.05) is 36.6 Å². The number of halogens is 5. The van der Waals surface area contributed by atoms with Crippen LogP contribution in [0, 0.1) is 17.2 Å². The number of carboxylic acids is 1. The van der Waals surface area contributed by atoms with Gasteiger partial charge in [0.25, 0.3) is 5.91 Å². The zero-order valence-corrected chi connectivity index (χ0v) is 24.0. The van der Waals surface area contributed by atoms with Gasteiger partial charge in [-0.25, -0.2) is 9.18 Å². The smallest absolute Gasteiger partial charge is 0.398 e. The van der Waals surface area contributed by atoms with Crippen LogP contribution in [-0.2, 0) is 27.8 Å². The molecular formula is C31H26ClF4N3O5. The molecule has 1 amide bonds. The van der Waals surface area contributed by atoms with Crippen LogP contribution in [0.15, 0.2) is 36.4 Å². The molecule has 0 radical (unpaired) electrons. The molecule has 1 spiro atoms. The molecule has 230 valence electrons. The van der Waals surface area contributed by atoms with Crippen molar-refractivity contribution < 1.29 is 41.8 Å². The Kier molecular flexibility index (Phi) is 6.50. The summed E-state index contributed by atoms with van der Waals surface area (Å²) in [6.07, 6.45) is -4.31. The first-order chi connectivity index (χ1) is 20.8. The number of hydrogen-bond acceptors (Lipinski definition) is 5. The van der Waals surface area contributed by atoms with Crippen molar-refractivity contribution in [3.8, 4) is 11.3 Å². The lowest BCUT2D eigenvalue weighted by Gasteiger charge is -2.55. The molecule has 13 heteroatoms. The Morgan fingerprint density at radius 1 is 1.09 bits per heavy atom. The predicted molar refractivity (Wildman–Crippen MR) is 148 cm³/mol. The molecule has 44 heavy (non-hydrogen) atoms. The molecular weight excluding hydrogens is 606 g/mol. The number of hydrogen-bond donors (Lipinski definition) is 1. The zero-order chi connectivity index (χ0) is 31.2. The highest BCUT2D eigenvalue weighted by atomic mass is 35.5. The van der Waals surface area contributed by atoms with Gasteiger partial charge in [0.1, 0.15) is 5.82 Å². The van der Waals surface area contributed by atoms with Crippen molar-refractivity contribution >= 4 is 29.4 Å². The Hall–Kier alpha value is -3.77. The van der Waals surface area contributed by atoms with Crippen LogP contribution >= 0.6 is 11.6 Å². The first kappa shape index (κ1) is 29.0. The Balaban J connectivity index is 1.31. The minimum absolute atomic E-state index is 0.00224. The number of carboxylic acid groups (broad SMARTS) is 1. The number of amides is 1. The van der Waals surface area contributed by atoms with Gasteiger partial charge in [-0.05, 0) is 55.5 Å². The van der Waals surface area contributed by atoms with Crippen molar-refractivity contribution in [1.29, 1.82) is 0 Å². The lowest BCUT2D eigenvalue weighted by molar-refractivity contribution is -0.197. The van der Waals surface area contributed by atoms with Crippen LogP contribution in [0.4, 0.5) is 17.6 Å². The van der Waals surface area contributed by atoms with Gasteiger partial charge >= 0.3 is 12.1 Å². The van der Waals surface area contributed by atoms with Crippen LogP contribution < -0.4 is 0 Å². The van der Waals surface area contributed by atoms with Gasteiger partial charge in [0.05, 0.1) is 51.6 Å². The second-order valence-electron chi connectivity index (χ2n) is 12.4. The van der Waals surface area contributed by atoms with E-state index in [4.69, 9.17) is 16.3 Å². The summed E-state index contributed by atoms with van der Waals surface area (Å²) in [6.45, 7) is 2.34. The lowest BCUT2D eigenvalue weighted by Crippen LogP contribution is -2.68. The van der Waals surface area contributed by atoms with Crippen molar-refractivity contribution in [1.82, 2.24) is 14.7 Å². The third-order valence-electron chi connectivity index (χ3n) is 9.50. The number of aromatic nitrogens is 2. The Bertz CT molecular complexity index is 1740. The van der Waals surface area contributed by atoms with Gasteiger partial charge in [0.15, 0.2) is 0 Å². The first-order valence-electron chi connectivity index (χ1n) is 14.3. The van der Waals surface area contributed by atoms with E-state index in [1.165, 1.54) is 30.3 Å². The van der Waals surface area contributed by atoms with Crippen molar-refractivity contribution in [3.63, 3.8) is 0 Å². The summed E-state index contributed by atoms with van der Waals surface area (Å²) in [4.78, 5) is 40.8. The highest BCUT2D eigenvalue weighted by molar-refractivity contribution is 6.34. The molecule has 7 rings (SSSR count). The average molecular weight is 632 g/mol. The molecule has 2 aromatic carbocycles. The van der Waals surface area contributed by atoms with Gasteiger partial charge in [-0.2, -0.15) is 23.0 Å². The van der Waals surface area contributed by atoms with E-state index in [-0.39, 0.29) is 70.0 Å². The maximum atomic E-state index is 15.3. The van der Waals surface area contributed by atoms with Crippen molar-refractivity contribution in [2.24, 2.45) is 11.3 Å². The number of alkyl halides is 3. The van der Waals surface area contributed by atoms with Gasteiger partial charge in [-0.15, -0.1) is 0 Å². The molecule has 1 N–H and O–H groups in total. The number of rotatable bonds is 5. The number of carbonyl (C=O) groups excluding carboxylic acids is 2. The summed E-state index contributed by atoms with van der Waals surface area (Å²) in [5.41, 5.74) is -2.32. The van der Waals surface area contributed by atoms with E-state index < -0.39 is 35.2 Å². The molecule has 2 aliphatic carbocycles. The summed E-state index contributed by atoms with van der Waals surface area (Å²) in [5.74, 6) is -3.74. The summed E-state index contributed by atoms with van der Waals surface area (Å²) in [7, 11) is 0. The van der Waals surface area contributed by atoms with Gasteiger partial charge in [-0.3, -0.25) is 9.59 Å². The number of aromatic carboxylic acids is 1. The van der Waals surface area contributed by atoms with Crippen LogP contribution in [0.5, 0.6) is 0 Å². The van der Waals surface area contributed by atoms with Crippen molar-refractivity contribution in [3.05, 3.63) is 75.2 Å². The van der Waals surface area contributed by atoms with E-state index in [1.807, 2.05) is 0 Å². The van der Waals surface area contributed by atoms with E-state index >= 15 is 4.39 Å². The molecule has 8 nitrogen and oxygen atoms in total. The van der Waals surface area contributed by atoms with E-state index in [1.54, 1.807) is 4.90 Å². The number of likely N-dealkylation sites (tertiary alicyclic amines) is 1. The minimum atomic E-state index is -4.62. The molecule has 4 aliphatic rings. The molecule has 2 aliphatic heterocycles. The van der Waals surface area contributed by atoms with Gasteiger partial charge in [-0.1, -0.05) is 23.7 Å². The van der Waals surface area contributed by atoms with Crippen LogP contribution in [0.25, 0.3) is 11.3 Å². The third kappa shape index (κ3) is 4.36. The Morgan fingerprint density at radius 2 is 1.82 bits per heavy atom. The monoisotopic (exact) mass is 631 g/mol. The molecule has 0 bridgehead atoms.